The Balaban J connectivity index is 2.20. The molecule has 2 aromatic rings. The number of nitrogens with one attached hydrogen (secondary N) is 1. The van der Waals surface area contributed by atoms with Crippen molar-refractivity contribution in [2.75, 3.05) is 13.1 Å². The van der Waals surface area contributed by atoms with Gasteiger partial charge in [0.15, 0.2) is 0 Å². The molecular weight excluding hydrogens is 362 g/mol. The minimum Gasteiger partial charge on any atom is -0.346 e. The normalized spacial score (nSPS) is 12.4. The number of nitrogens with zero attached hydrogens (tertiary/aromatic N) is 2. The Labute approximate surface area is 160 Å². The van der Waals surface area contributed by atoms with Crippen LogP contribution in [-0.4, -0.2) is 31.7 Å². The molecule has 0 aliphatic rings. The van der Waals surface area contributed by atoms with E-state index in [4.69, 9.17) is 5.26 Å². The highest BCUT2D eigenvalue weighted by atomic mass is 32.2. The lowest BCUT2D eigenvalue weighted by atomic mass is 10.1. The summed E-state index contributed by atoms with van der Waals surface area (Å²) in [6.07, 6.45) is 0. The maximum atomic E-state index is 12.6. The molecule has 6 nitrogen and oxygen atoms in total. The summed E-state index contributed by atoms with van der Waals surface area (Å²) < 4.78 is 26.6. The Bertz CT molecular complexity index is 943. The van der Waals surface area contributed by atoms with E-state index >= 15 is 0 Å². The van der Waals surface area contributed by atoms with E-state index in [0.717, 1.165) is 5.56 Å². The fourth-order valence-corrected chi connectivity index (χ4v) is 4.22. The van der Waals surface area contributed by atoms with Crippen molar-refractivity contribution in [1.29, 1.82) is 5.26 Å². The molecule has 0 saturated carbocycles. The van der Waals surface area contributed by atoms with Gasteiger partial charge in [0.2, 0.25) is 10.0 Å². The third-order valence-electron chi connectivity index (χ3n) is 4.33. The van der Waals surface area contributed by atoms with Crippen molar-refractivity contribution in [2.24, 2.45) is 0 Å². The van der Waals surface area contributed by atoms with E-state index in [1.54, 1.807) is 50.2 Å². The lowest BCUT2D eigenvalue weighted by Crippen LogP contribution is -2.31. The minimum absolute atomic E-state index is 0.102. The predicted molar refractivity (Wildman–Crippen MR) is 104 cm³/mol. The van der Waals surface area contributed by atoms with Crippen molar-refractivity contribution < 1.29 is 13.2 Å². The first kappa shape index (κ1) is 20.6. The van der Waals surface area contributed by atoms with Gasteiger partial charge in [0, 0.05) is 18.7 Å². The quantitative estimate of drug-likeness (QED) is 0.793. The zero-order chi connectivity index (χ0) is 20.0. The maximum Gasteiger partial charge on any atom is 0.251 e. The summed E-state index contributed by atoms with van der Waals surface area (Å²) in [6.45, 7) is 6.11. The van der Waals surface area contributed by atoms with Crippen molar-refractivity contribution in [3.63, 3.8) is 0 Å². The average molecular weight is 385 g/mol. The van der Waals surface area contributed by atoms with Crippen molar-refractivity contribution in [2.45, 2.75) is 31.7 Å². The monoisotopic (exact) mass is 385 g/mol. The second kappa shape index (κ2) is 8.80. The highest BCUT2D eigenvalue weighted by Crippen LogP contribution is 2.18. The highest BCUT2D eigenvalue weighted by Gasteiger charge is 2.22. The van der Waals surface area contributed by atoms with E-state index in [1.165, 1.54) is 16.4 Å². The number of benzene rings is 2. The number of sulfonamides is 1. The van der Waals surface area contributed by atoms with Gasteiger partial charge in [0.25, 0.3) is 5.91 Å². The molecule has 0 heterocycles. The molecular formula is C20H23N3O3S. The molecule has 27 heavy (non-hydrogen) atoms. The molecule has 0 aromatic heterocycles. The van der Waals surface area contributed by atoms with Gasteiger partial charge in [-0.25, -0.2) is 8.42 Å². The second-order valence-electron chi connectivity index (χ2n) is 6.05. The minimum atomic E-state index is -3.62. The molecule has 2 aromatic carbocycles. The van der Waals surface area contributed by atoms with Crippen LogP contribution in [0.5, 0.6) is 0 Å². The lowest BCUT2D eigenvalue weighted by Gasteiger charge is -2.19. The number of hydrogen-bond donors (Lipinski definition) is 1. The molecule has 1 N–H and O–H groups in total. The molecule has 0 radical (unpaired) electrons. The summed E-state index contributed by atoms with van der Waals surface area (Å²) in [6, 6.07) is 14.8. The standard InChI is InChI=1S/C20H23N3O3S/c1-4-23(5-2)27(25,26)19-8-6-7-18(13-19)20(24)22-15(3)17-11-9-16(14-21)10-12-17/h6-13,15H,4-5H2,1-3H3,(H,22,24). The van der Waals surface area contributed by atoms with Gasteiger partial charge in [0.05, 0.1) is 22.6 Å². The van der Waals surface area contributed by atoms with Crippen LogP contribution in [0.25, 0.3) is 0 Å². The van der Waals surface area contributed by atoms with Gasteiger partial charge in [-0.05, 0) is 42.8 Å². The molecule has 0 fully saturated rings. The summed E-state index contributed by atoms with van der Waals surface area (Å²) in [4.78, 5) is 12.7. The molecule has 1 unspecified atom stereocenters. The average Bonchev–Trinajstić information content (AvgIpc) is 2.68. The lowest BCUT2D eigenvalue weighted by molar-refractivity contribution is 0.0939. The molecule has 0 aliphatic carbocycles. The predicted octanol–water partition coefficient (Wildman–Crippen LogP) is 3.08. The number of carbonyl (C=O) groups excluding carboxylic acids is 1. The third-order valence-corrected chi connectivity index (χ3v) is 6.37. The zero-order valence-corrected chi connectivity index (χ0v) is 16.5. The highest BCUT2D eigenvalue weighted by molar-refractivity contribution is 7.89. The SMILES string of the molecule is CCN(CC)S(=O)(=O)c1cccc(C(=O)NC(C)c2ccc(C#N)cc2)c1. The van der Waals surface area contributed by atoms with Crippen LogP contribution in [0, 0.1) is 11.3 Å². The Morgan fingerprint density at radius 2 is 1.78 bits per heavy atom. The maximum absolute atomic E-state index is 12.6. The second-order valence-corrected chi connectivity index (χ2v) is 7.98. The van der Waals surface area contributed by atoms with Crippen LogP contribution < -0.4 is 5.32 Å². The fraction of sp³-hybridized carbons (Fsp3) is 0.300. The topological polar surface area (TPSA) is 90.3 Å². The third kappa shape index (κ3) is 4.73. The molecule has 1 atom stereocenters. The van der Waals surface area contributed by atoms with Crippen molar-refractivity contribution >= 4 is 15.9 Å². The molecule has 0 spiro atoms. The van der Waals surface area contributed by atoms with Crippen molar-refractivity contribution in [3.8, 4) is 6.07 Å². The molecule has 2 rings (SSSR count). The van der Waals surface area contributed by atoms with E-state index in [0.29, 0.717) is 18.7 Å². The number of nitriles is 1. The molecule has 0 saturated heterocycles. The van der Waals surface area contributed by atoms with Crippen LogP contribution in [0.15, 0.2) is 53.4 Å². The van der Waals surface area contributed by atoms with Gasteiger partial charge in [-0.1, -0.05) is 32.0 Å². The summed E-state index contributed by atoms with van der Waals surface area (Å²) in [7, 11) is -3.62. The van der Waals surface area contributed by atoms with Crippen LogP contribution in [0.4, 0.5) is 0 Å². The number of rotatable bonds is 7. The van der Waals surface area contributed by atoms with Gasteiger partial charge in [-0.3, -0.25) is 4.79 Å². The largest absolute Gasteiger partial charge is 0.346 e. The zero-order valence-electron chi connectivity index (χ0n) is 15.6. The van der Waals surface area contributed by atoms with Gasteiger partial charge >= 0.3 is 0 Å². The van der Waals surface area contributed by atoms with E-state index in [2.05, 4.69) is 11.4 Å². The van der Waals surface area contributed by atoms with E-state index in [9.17, 15) is 13.2 Å². The molecule has 0 bridgehead atoms. The molecule has 7 heteroatoms. The van der Waals surface area contributed by atoms with Gasteiger partial charge < -0.3 is 5.32 Å². The first-order valence-corrected chi connectivity index (χ1v) is 10.2. The molecule has 142 valence electrons. The van der Waals surface area contributed by atoms with Crippen LogP contribution in [0.1, 0.15) is 48.3 Å². The molecule has 1 amide bonds. The first-order chi connectivity index (χ1) is 12.8. The number of amides is 1. The number of carbonyl (C=O) groups is 1. The van der Waals surface area contributed by atoms with Gasteiger partial charge in [-0.15, -0.1) is 0 Å². The Morgan fingerprint density at radius 1 is 1.15 bits per heavy atom. The molecule has 0 aliphatic heterocycles. The summed E-state index contributed by atoms with van der Waals surface area (Å²) in [5.74, 6) is -0.358. The fourth-order valence-electron chi connectivity index (χ4n) is 2.72. The van der Waals surface area contributed by atoms with Crippen LogP contribution >= 0.6 is 0 Å². The van der Waals surface area contributed by atoms with Gasteiger partial charge in [-0.2, -0.15) is 9.57 Å². The van der Waals surface area contributed by atoms with Crippen molar-refractivity contribution in [1.82, 2.24) is 9.62 Å². The van der Waals surface area contributed by atoms with Crippen LogP contribution in [0.3, 0.4) is 0 Å². The summed E-state index contributed by atoms with van der Waals surface area (Å²) in [5, 5.41) is 11.7. The van der Waals surface area contributed by atoms with Gasteiger partial charge in [0.1, 0.15) is 0 Å². The van der Waals surface area contributed by atoms with Crippen molar-refractivity contribution in [3.05, 3.63) is 65.2 Å². The summed E-state index contributed by atoms with van der Waals surface area (Å²) in [5.41, 5.74) is 1.68. The smallest absolute Gasteiger partial charge is 0.251 e. The van der Waals surface area contributed by atoms with Crippen LogP contribution in [-0.2, 0) is 10.0 Å². The van der Waals surface area contributed by atoms with E-state index in [-0.39, 0.29) is 22.4 Å². The number of hydrogen-bond acceptors (Lipinski definition) is 4. The van der Waals surface area contributed by atoms with E-state index < -0.39 is 10.0 Å². The first-order valence-electron chi connectivity index (χ1n) is 8.74. The Kier molecular flexibility index (Phi) is 6.72. The van der Waals surface area contributed by atoms with Crippen LogP contribution in [0.2, 0.25) is 0 Å². The Hall–Kier alpha value is -2.69. The summed E-state index contributed by atoms with van der Waals surface area (Å²) >= 11 is 0. The van der Waals surface area contributed by atoms with E-state index in [1.807, 2.05) is 6.92 Å². The Morgan fingerprint density at radius 3 is 2.33 bits per heavy atom.